The number of carbonyl (C=O) groups is 1. The molecular formula is C15H22N4O3. The van der Waals surface area contributed by atoms with Crippen molar-refractivity contribution in [3.63, 3.8) is 0 Å². The molecule has 0 unspecified atom stereocenters. The molecule has 0 bridgehead atoms. The Bertz CT molecular complexity index is 797. The molecule has 0 aliphatic rings. The maximum atomic E-state index is 12.1. The number of imidazole rings is 1. The average Bonchev–Trinajstić information content (AvgIpc) is 2.81. The van der Waals surface area contributed by atoms with Crippen LogP contribution in [0, 0.1) is 0 Å². The largest absolute Gasteiger partial charge is 0.329 e. The maximum Gasteiger partial charge on any atom is 0.329 e. The molecule has 7 heteroatoms. The Morgan fingerprint density at radius 2 is 2.00 bits per heavy atom. The van der Waals surface area contributed by atoms with E-state index in [1.54, 1.807) is 14.0 Å². The Hall–Kier alpha value is -2.18. The molecule has 2 heterocycles. The van der Waals surface area contributed by atoms with Crippen LogP contribution >= 0.6 is 0 Å². The number of hydrogen-bond acceptors (Lipinski definition) is 4. The number of nitrogens with one attached hydrogen (secondary N) is 1. The fourth-order valence-corrected chi connectivity index (χ4v) is 2.59. The van der Waals surface area contributed by atoms with E-state index in [0.717, 1.165) is 25.1 Å². The second kappa shape index (κ2) is 6.72. The molecule has 2 rings (SSSR count). The van der Waals surface area contributed by atoms with Crippen LogP contribution in [0.3, 0.4) is 0 Å². The highest BCUT2D eigenvalue weighted by Crippen LogP contribution is 2.14. The van der Waals surface area contributed by atoms with E-state index in [0.29, 0.717) is 30.6 Å². The van der Waals surface area contributed by atoms with Crippen molar-refractivity contribution in [1.29, 1.82) is 0 Å². The highest BCUT2D eigenvalue weighted by molar-refractivity contribution is 5.75. The van der Waals surface area contributed by atoms with Gasteiger partial charge in [0.05, 0.1) is 0 Å². The average molecular weight is 306 g/mol. The number of Topliss-reactive ketones (excluding diaryl/α,β-unsaturated/α-hetero) is 1. The summed E-state index contributed by atoms with van der Waals surface area (Å²) in [5.41, 5.74) is 0.0186. The molecule has 0 spiro atoms. The molecule has 22 heavy (non-hydrogen) atoms. The number of unbranched alkanes of at least 4 members (excludes halogenated alkanes) is 1. The molecule has 0 atom stereocenters. The van der Waals surface area contributed by atoms with Crippen LogP contribution in [0.25, 0.3) is 11.2 Å². The van der Waals surface area contributed by atoms with E-state index in [9.17, 15) is 14.4 Å². The van der Waals surface area contributed by atoms with Crippen LogP contribution in [-0.4, -0.2) is 24.9 Å². The number of hydrogen-bond donors (Lipinski definition) is 1. The summed E-state index contributed by atoms with van der Waals surface area (Å²) in [5.74, 6) is 0.980. The predicted octanol–water partition coefficient (Wildman–Crippen LogP) is 1.14. The first kappa shape index (κ1) is 16.2. The molecule has 0 aliphatic carbocycles. The summed E-state index contributed by atoms with van der Waals surface area (Å²) in [4.78, 5) is 41.6. The van der Waals surface area contributed by atoms with Gasteiger partial charge in [-0.15, -0.1) is 0 Å². The number of ketones is 1. The number of aromatic amines is 1. The summed E-state index contributed by atoms with van der Waals surface area (Å²) in [6.07, 6.45) is 3.76. The third-order valence-corrected chi connectivity index (χ3v) is 3.71. The van der Waals surface area contributed by atoms with E-state index in [4.69, 9.17) is 0 Å². The van der Waals surface area contributed by atoms with Gasteiger partial charge in [0.1, 0.15) is 11.6 Å². The van der Waals surface area contributed by atoms with Crippen LogP contribution in [-0.2, 0) is 24.8 Å². The van der Waals surface area contributed by atoms with E-state index in [-0.39, 0.29) is 5.78 Å². The summed E-state index contributed by atoms with van der Waals surface area (Å²) < 4.78 is 3.25. The lowest BCUT2D eigenvalue weighted by Crippen LogP contribution is -2.29. The molecular weight excluding hydrogens is 284 g/mol. The Kier molecular flexibility index (Phi) is 4.95. The Morgan fingerprint density at radius 3 is 2.64 bits per heavy atom. The van der Waals surface area contributed by atoms with Crippen molar-refractivity contribution in [2.24, 2.45) is 7.05 Å². The van der Waals surface area contributed by atoms with E-state index >= 15 is 0 Å². The van der Waals surface area contributed by atoms with Gasteiger partial charge in [0.2, 0.25) is 0 Å². The van der Waals surface area contributed by atoms with Crippen molar-refractivity contribution in [1.82, 2.24) is 19.1 Å². The molecule has 2 aromatic heterocycles. The van der Waals surface area contributed by atoms with Crippen molar-refractivity contribution >= 4 is 16.9 Å². The van der Waals surface area contributed by atoms with E-state index in [1.165, 1.54) is 4.57 Å². The minimum absolute atomic E-state index is 0.181. The third kappa shape index (κ3) is 3.18. The summed E-state index contributed by atoms with van der Waals surface area (Å²) in [7, 11) is 1.60. The van der Waals surface area contributed by atoms with Gasteiger partial charge in [0.25, 0.3) is 5.56 Å². The smallest absolute Gasteiger partial charge is 0.322 e. The molecule has 0 aliphatic heterocycles. The summed E-state index contributed by atoms with van der Waals surface area (Å²) >= 11 is 0. The number of nitrogens with zero attached hydrogens (tertiary/aromatic N) is 3. The SMILES string of the molecule is CCCn1c(CCCCC(C)=O)nc2c1c(=O)[nH]c(=O)n2C. The normalized spacial score (nSPS) is 11.2. The fourth-order valence-electron chi connectivity index (χ4n) is 2.59. The summed E-state index contributed by atoms with van der Waals surface area (Å²) in [6.45, 7) is 4.29. The lowest BCUT2D eigenvalue weighted by molar-refractivity contribution is -0.117. The van der Waals surface area contributed by atoms with Gasteiger partial charge in [0, 0.05) is 26.4 Å². The van der Waals surface area contributed by atoms with Gasteiger partial charge in [-0.2, -0.15) is 0 Å². The molecule has 0 aromatic carbocycles. The second-order valence-corrected chi connectivity index (χ2v) is 5.58. The van der Waals surface area contributed by atoms with E-state index < -0.39 is 11.2 Å². The Labute approximate surface area is 128 Å². The number of rotatable bonds is 7. The van der Waals surface area contributed by atoms with Crippen molar-refractivity contribution < 1.29 is 4.79 Å². The van der Waals surface area contributed by atoms with Gasteiger partial charge in [-0.05, 0) is 26.2 Å². The quantitative estimate of drug-likeness (QED) is 0.777. The van der Waals surface area contributed by atoms with Crippen molar-refractivity contribution in [3.8, 4) is 0 Å². The minimum atomic E-state index is -0.457. The fraction of sp³-hybridized carbons (Fsp3) is 0.600. The lowest BCUT2D eigenvalue weighted by Gasteiger charge is -2.06. The first-order valence-electron chi connectivity index (χ1n) is 7.63. The van der Waals surface area contributed by atoms with Gasteiger partial charge in [0.15, 0.2) is 11.2 Å². The molecule has 0 amide bonds. The summed E-state index contributed by atoms with van der Waals surface area (Å²) in [5, 5.41) is 0. The Balaban J connectivity index is 2.41. The monoisotopic (exact) mass is 306 g/mol. The molecule has 0 fully saturated rings. The third-order valence-electron chi connectivity index (χ3n) is 3.71. The summed E-state index contributed by atoms with van der Waals surface area (Å²) in [6, 6.07) is 0. The van der Waals surface area contributed by atoms with Crippen LogP contribution in [0.1, 0.15) is 45.4 Å². The zero-order valence-corrected chi connectivity index (χ0v) is 13.3. The molecule has 7 nitrogen and oxygen atoms in total. The molecule has 0 radical (unpaired) electrons. The van der Waals surface area contributed by atoms with Crippen molar-refractivity contribution in [2.45, 2.75) is 52.5 Å². The van der Waals surface area contributed by atoms with Crippen LogP contribution in [0.2, 0.25) is 0 Å². The number of aryl methyl sites for hydroxylation is 3. The number of carbonyl (C=O) groups excluding carboxylic acids is 1. The molecule has 0 saturated heterocycles. The van der Waals surface area contributed by atoms with Crippen LogP contribution in [0.5, 0.6) is 0 Å². The number of H-pyrrole nitrogens is 1. The topological polar surface area (TPSA) is 89.8 Å². The lowest BCUT2D eigenvalue weighted by atomic mass is 10.1. The first-order chi connectivity index (χ1) is 10.5. The molecule has 120 valence electrons. The molecule has 1 N–H and O–H groups in total. The first-order valence-corrected chi connectivity index (χ1v) is 7.63. The number of aromatic nitrogens is 4. The van der Waals surface area contributed by atoms with E-state index in [2.05, 4.69) is 9.97 Å². The number of fused-ring (bicyclic) bond motifs is 1. The minimum Gasteiger partial charge on any atom is -0.322 e. The van der Waals surface area contributed by atoms with Gasteiger partial charge < -0.3 is 9.36 Å². The highest BCUT2D eigenvalue weighted by Gasteiger charge is 2.16. The standard InChI is InChI=1S/C15H22N4O3/c1-4-9-19-11(8-6-5-7-10(2)20)16-13-12(19)14(21)17-15(22)18(13)3/h4-9H2,1-3H3,(H,17,21,22). The zero-order chi connectivity index (χ0) is 16.3. The van der Waals surface area contributed by atoms with Crippen molar-refractivity contribution in [3.05, 3.63) is 26.7 Å². The van der Waals surface area contributed by atoms with Crippen molar-refractivity contribution in [2.75, 3.05) is 0 Å². The van der Waals surface area contributed by atoms with Gasteiger partial charge in [-0.1, -0.05) is 6.92 Å². The maximum absolute atomic E-state index is 12.1. The van der Waals surface area contributed by atoms with Gasteiger partial charge >= 0.3 is 5.69 Å². The molecule has 0 saturated carbocycles. The Morgan fingerprint density at radius 1 is 1.27 bits per heavy atom. The van der Waals surface area contributed by atoms with E-state index in [1.807, 2.05) is 11.5 Å². The zero-order valence-electron chi connectivity index (χ0n) is 13.3. The van der Waals surface area contributed by atoms with Gasteiger partial charge in [-0.3, -0.25) is 14.3 Å². The van der Waals surface area contributed by atoms with Gasteiger partial charge in [-0.25, -0.2) is 9.78 Å². The second-order valence-electron chi connectivity index (χ2n) is 5.58. The predicted molar refractivity (Wildman–Crippen MR) is 84.1 cm³/mol. The van der Waals surface area contributed by atoms with Crippen LogP contribution < -0.4 is 11.2 Å². The molecule has 2 aromatic rings. The highest BCUT2D eigenvalue weighted by atomic mass is 16.2. The van der Waals surface area contributed by atoms with Crippen LogP contribution in [0.4, 0.5) is 0 Å². The van der Waals surface area contributed by atoms with Crippen LogP contribution in [0.15, 0.2) is 9.59 Å².